The molecule has 164 valence electrons. The summed E-state index contributed by atoms with van der Waals surface area (Å²) in [5.41, 5.74) is 2.83. The van der Waals surface area contributed by atoms with Gasteiger partial charge in [-0.1, -0.05) is 85.6 Å². The Balaban J connectivity index is 1.56. The molecule has 32 heavy (non-hydrogen) atoms. The Bertz CT molecular complexity index is 1090. The number of aliphatic hydroxyl groups excluding tert-OH is 1. The average Bonchev–Trinajstić information content (AvgIpc) is 3.32. The van der Waals surface area contributed by atoms with E-state index in [1.807, 2.05) is 66.7 Å². The Kier molecular flexibility index (Phi) is 5.48. The maximum atomic E-state index is 12.2. The molecule has 1 aliphatic heterocycles. The Morgan fingerprint density at radius 1 is 0.938 bits per heavy atom. The van der Waals surface area contributed by atoms with Gasteiger partial charge in [-0.2, -0.15) is 0 Å². The predicted molar refractivity (Wildman–Crippen MR) is 123 cm³/mol. The van der Waals surface area contributed by atoms with Crippen molar-refractivity contribution in [1.82, 2.24) is 0 Å². The van der Waals surface area contributed by atoms with Gasteiger partial charge in [0.05, 0.1) is 17.4 Å². The maximum Gasteiger partial charge on any atom is 0.314 e. The molecule has 0 amide bonds. The molecule has 0 radical (unpaired) electrons. The van der Waals surface area contributed by atoms with Crippen LogP contribution in [0.1, 0.15) is 60.0 Å². The van der Waals surface area contributed by atoms with E-state index in [1.54, 1.807) is 0 Å². The van der Waals surface area contributed by atoms with E-state index in [1.165, 1.54) is 0 Å². The molecular formula is C28H28O4. The lowest BCUT2D eigenvalue weighted by Gasteiger charge is -2.38. The van der Waals surface area contributed by atoms with Crippen molar-refractivity contribution >= 4 is 5.97 Å². The van der Waals surface area contributed by atoms with Crippen molar-refractivity contribution in [1.29, 1.82) is 0 Å². The van der Waals surface area contributed by atoms with Crippen LogP contribution in [0.2, 0.25) is 0 Å². The second kappa shape index (κ2) is 8.44. The summed E-state index contributed by atoms with van der Waals surface area (Å²) < 4.78 is 6.55. The van der Waals surface area contributed by atoms with Crippen molar-refractivity contribution in [3.05, 3.63) is 101 Å². The number of rotatable bonds is 5. The Hall–Kier alpha value is -3.11. The summed E-state index contributed by atoms with van der Waals surface area (Å²) in [6, 6.07) is 25.8. The minimum atomic E-state index is -0.853. The average molecular weight is 429 g/mol. The molecule has 0 bridgehead atoms. The number of hydrogen-bond acceptors (Lipinski definition) is 3. The van der Waals surface area contributed by atoms with Crippen molar-refractivity contribution in [3.8, 4) is 5.75 Å². The van der Waals surface area contributed by atoms with Gasteiger partial charge in [0.15, 0.2) is 0 Å². The number of fused-ring (bicyclic) bond motifs is 1. The molecule has 3 aromatic carbocycles. The Labute approximate surface area is 188 Å². The SMILES string of the molecule is O=C(O)C1(c2ccc3c(c2)OC(Cc2ccccc2)C(c2ccccc2)C3O)CCCC1. The largest absolute Gasteiger partial charge is 0.489 e. The molecule has 2 aliphatic rings. The second-order valence-corrected chi connectivity index (χ2v) is 9.07. The second-order valence-electron chi connectivity index (χ2n) is 9.07. The molecule has 4 nitrogen and oxygen atoms in total. The summed E-state index contributed by atoms with van der Waals surface area (Å²) in [6.45, 7) is 0. The first-order valence-corrected chi connectivity index (χ1v) is 11.4. The van der Waals surface area contributed by atoms with Gasteiger partial charge in [0.1, 0.15) is 11.9 Å². The van der Waals surface area contributed by atoms with Gasteiger partial charge in [-0.3, -0.25) is 4.79 Å². The van der Waals surface area contributed by atoms with Crippen molar-refractivity contribution < 1.29 is 19.7 Å². The molecule has 3 atom stereocenters. The van der Waals surface area contributed by atoms with Gasteiger partial charge in [0.25, 0.3) is 0 Å². The van der Waals surface area contributed by atoms with E-state index >= 15 is 0 Å². The summed E-state index contributed by atoms with van der Waals surface area (Å²) in [4.78, 5) is 12.2. The molecule has 0 saturated heterocycles. The van der Waals surface area contributed by atoms with Gasteiger partial charge in [0.2, 0.25) is 0 Å². The lowest BCUT2D eigenvalue weighted by molar-refractivity contribution is -0.143. The highest BCUT2D eigenvalue weighted by Gasteiger charge is 2.45. The standard InChI is InChI=1S/C28H28O4/c29-26-22-14-13-21(28(27(30)31)15-7-8-16-28)18-23(22)32-24(17-19-9-3-1-4-10-19)25(26)20-11-5-2-6-12-20/h1-6,9-14,18,24-26,29H,7-8,15-17H2,(H,30,31). The molecule has 1 saturated carbocycles. The zero-order valence-electron chi connectivity index (χ0n) is 18.0. The third-order valence-electron chi connectivity index (χ3n) is 7.23. The molecule has 1 fully saturated rings. The van der Waals surface area contributed by atoms with E-state index in [2.05, 4.69) is 12.1 Å². The first-order chi connectivity index (χ1) is 15.6. The number of hydrogen-bond donors (Lipinski definition) is 2. The molecule has 1 aliphatic carbocycles. The van der Waals surface area contributed by atoms with E-state index in [-0.39, 0.29) is 12.0 Å². The Morgan fingerprint density at radius 2 is 1.59 bits per heavy atom. The summed E-state index contributed by atoms with van der Waals surface area (Å²) >= 11 is 0. The number of benzene rings is 3. The third-order valence-corrected chi connectivity index (χ3v) is 7.23. The lowest BCUT2D eigenvalue weighted by atomic mass is 9.76. The van der Waals surface area contributed by atoms with Gasteiger partial charge in [-0.25, -0.2) is 0 Å². The lowest BCUT2D eigenvalue weighted by Crippen LogP contribution is -2.37. The first kappa shape index (κ1) is 20.8. The van der Waals surface area contributed by atoms with Crippen LogP contribution in [0.4, 0.5) is 0 Å². The smallest absolute Gasteiger partial charge is 0.314 e. The van der Waals surface area contributed by atoms with Gasteiger partial charge in [0, 0.05) is 12.0 Å². The molecular weight excluding hydrogens is 400 g/mol. The first-order valence-electron chi connectivity index (χ1n) is 11.4. The zero-order chi connectivity index (χ0) is 22.1. The topological polar surface area (TPSA) is 66.8 Å². The van der Waals surface area contributed by atoms with Gasteiger partial charge in [-0.05, 0) is 35.6 Å². The fourth-order valence-electron chi connectivity index (χ4n) is 5.50. The molecule has 0 aromatic heterocycles. The number of aliphatic hydroxyl groups is 1. The monoisotopic (exact) mass is 428 g/mol. The fraction of sp³-hybridized carbons (Fsp3) is 0.321. The summed E-state index contributed by atoms with van der Waals surface area (Å²) in [5, 5.41) is 21.5. The van der Waals surface area contributed by atoms with Gasteiger partial charge >= 0.3 is 5.97 Å². The van der Waals surface area contributed by atoms with E-state index in [0.717, 1.165) is 35.1 Å². The van der Waals surface area contributed by atoms with Crippen LogP contribution in [0, 0.1) is 0 Å². The molecule has 1 heterocycles. The highest BCUT2D eigenvalue weighted by atomic mass is 16.5. The van der Waals surface area contributed by atoms with E-state index < -0.39 is 17.5 Å². The van der Waals surface area contributed by atoms with E-state index in [0.29, 0.717) is 25.0 Å². The van der Waals surface area contributed by atoms with Gasteiger partial charge < -0.3 is 14.9 Å². The van der Waals surface area contributed by atoms with Crippen LogP contribution < -0.4 is 4.74 Å². The molecule has 0 spiro atoms. The highest BCUT2D eigenvalue weighted by molar-refractivity contribution is 5.82. The quantitative estimate of drug-likeness (QED) is 0.571. The van der Waals surface area contributed by atoms with Crippen molar-refractivity contribution in [2.24, 2.45) is 0 Å². The van der Waals surface area contributed by atoms with Crippen molar-refractivity contribution in [2.75, 3.05) is 0 Å². The van der Waals surface area contributed by atoms with E-state index in [4.69, 9.17) is 4.74 Å². The van der Waals surface area contributed by atoms with Crippen LogP contribution in [0.5, 0.6) is 5.75 Å². The van der Waals surface area contributed by atoms with Crippen LogP contribution in [0.3, 0.4) is 0 Å². The molecule has 5 rings (SSSR count). The normalized spacial score (nSPS) is 23.8. The number of carbonyl (C=O) groups is 1. The Morgan fingerprint density at radius 3 is 2.25 bits per heavy atom. The van der Waals surface area contributed by atoms with Crippen LogP contribution in [-0.4, -0.2) is 22.3 Å². The number of carboxylic acids is 1. The molecule has 2 N–H and O–H groups in total. The number of carboxylic acid groups (broad SMARTS) is 1. The van der Waals surface area contributed by atoms with E-state index in [9.17, 15) is 15.0 Å². The van der Waals surface area contributed by atoms with Crippen molar-refractivity contribution in [3.63, 3.8) is 0 Å². The van der Waals surface area contributed by atoms with Crippen LogP contribution in [-0.2, 0) is 16.6 Å². The minimum Gasteiger partial charge on any atom is -0.489 e. The molecule has 3 aromatic rings. The zero-order valence-corrected chi connectivity index (χ0v) is 18.0. The van der Waals surface area contributed by atoms with Crippen LogP contribution in [0.15, 0.2) is 78.9 Å². The van der Waals surface area contributed by atoms with Crippen LogP contribution >= 0.6 is 0 Å². The highest BCUT2D eigenvalue weighted by Crippen LogP contribution is 2.48. The summed E-state index contributed by atoms with van der Waals surface area (Å²) in [5.74, 6) is -0.375. The third kappa shape index (κ3) is 3.59. The molecule has 4 heteroatoms. The van der Waals surface area contributed by atoms with Crippen LogP contribution in [0.25, 0.3) is 0 Å². The number of aliphatic carboxylic acids is 1. The predicted octanol–water partition coefficient (Wildman–Crippen LogP) is 5.40. The maximum absolute atomic E-state index is 12.2. The minimum absolute atomic E-state index is 0.213. The fourth-order valence-corrected chi connectivity index (χ4v) is 5.50. The number of ether oxygens (including phenoxy) is 1. The van der Waals surface area contributed by atoms with Gasteiger partial charge in [-0.15, -0.1) is 0 Å². The summed E-state index contributed by atoms with van der Waals surface area (Å²) in [7, 11) is 0. The molecule has 3 unspecified atom stereocenters. The van der Waals surface area contributed by atoms with Crippen molar-refractivity contribution in [2.45, 2.75) is 55.6 Å². The summed E-state index contributed by atoms with van der Waals surface area (Å²) in [6.07, 6.45) is 2.79.